The van der Waals surface area contributed by atoms with Crippen LogP contribution >= 0.6 is 11.8 Å². The molecule has 0 saturated heterocycles. The number of benzene rings is 1. The molecule has 3 heteroatoms. The highest BCUT2D eigenvalue weighted by molar-refractivity contribution is 7.99. The number of thioether (sulfide) groups is 1. The van der Waals surface area contributed by atoms with Crippen molar-refractivity contribution >= 4 is 17.4 Å². The van der Waals surface area contributed by atoms with Gasteiger partial charge in [0.2, 0.25) is 0 Å². The van der Waals surface area contributed by atoms with Crippen molar-refractivity contribution < 1.29 is 5.11 Å². The molecule has 0 spiro atoms. The number of rotatable bonds is 6. The third kappa shape index (κ3) is 4.45. The summed E-state index contributed by atoms with van der Waals surface area (Å²) in [5, 5.41) is 9.97. The molecule has 1 aromatic rings. The second-order valence-electron chi connectivity index (χ2n) is 4.40. The van der Waals surface area contributed by atoms with E-state index in [4.69, 9.17) is 5.73 Å². The van der Waals surface area contributed by atoms with Gasteiger partial charge in [-0.3, -0.25) is 0 Å². The monoisotopic (exact) mass is 239 g/mol. The molecule has 3 N–H and O–H groups in total. The van der Waals surface area contributed by atoms with Crippen molar-refractivity contribution in [3.05, 3.63) is 29.8 Å². The molecule has 0 aromatic heterocycles. The van der Waals surface area contributed by atoms with E-state index in [1.165, 1.54) is 6.42 Å². The van der Waals surface area contributed by atoms with Crippen LogP contribution in [0.25, 0.3) is 0 Å². The van der Waals surface area contributed by atoms with E-state index in [1.807, 2.05) is 24.3 Å². The molecule has 0 radical (unpaired) electrons. The minimum Gasteiger partial charge on any atom is -0.398 e. The number of aliphatic hydroxyl groups is 1. The lowest BCUT2D eigenvalue weighted by molar-refractivity contribution is 0.205. The zero-order valence-corrected chi connectivity index (χ0v) is 10.8. The average molecular weight is 239 g/mol. The molecule has 0 saturated carbocycles. The fourth-order valence-electron chi connectivity index (χ4n) is 1.42. The topological polar surface area (TPSA) is 46.2 Å². The van der Waals surface area contributed by atoms with E-state index >= 15 is 0 Å². The van der Waals surface area contributed by atoms with Crippen molar-refractivity contribution in [2.75, 3.05) is 17.2 Å². The van der Waals surface area contributed by atoms with Crippen LogP contribution in [0.2, 0.25) is 0 Å². The zero-order valence-electron chi connectivity index (χ0n) is 10.0. The summed E-state index contributed by atoms with van der Waals surface area (Å²) in [4.78, 5) is 0. The van der Waals surface area contributed by atoms with Gasteiger partial charge in [-0.2, -0.15) is 11.8 Å². The molecule has 0 heterocycles. The first-order chi connectivity index (χ1) is 7.61. The molecular formula is C13H21NOS. The van der Waals surface area contributed by atoms with Crippen LogP contribution in [0.1, 0.15) is 31.9 Å². The summed E-state index contributed by atoms with van der Waals surface area (Å²) in [6.45, 7) is 4.43. The zero-order chi connectivity index (χ0) is 12.0. The summed E-state index contributed by atoms with van der Waals surface area (Å²) >= 11 is 1.79. The predicted molar refractivity (Wildman–Crippen MR) is 72.6 cm³/mol. The molecule has 0 amide bonds. The van der Waals surface area contributed by atoms with E-state index in [-0.39, 0.29) is 0 Å². The predicted octanol–water partition coefficient (Wildman–Crippen LogP) is 3.08. The molecule has 0 bridgehead atoms. The third-order valence-corrected chi connectivity index (χ3v) is 3.55. The van der Waals surface area contributed by atoms with E-state index in [1.54, 1.807) is 11.8 Å². The number of anilines is 1. The molecule has 0 aliphatic heterocycles. The Bertz CT molecular complexity index is 315. The Hall–Kier alpha value is -0.670. The first kappa shape index (κ1) is 13.4. The van der Waals surface area contributed by atoms with Crippen molar-refractivity contribution in [2.24, 2.45) is 5.92 Å². The van der Waals surface area contributed by atoms with Crippen molar-refractivity contribution in [2.45, 2.75) is 26.4 Å². The van der Waals surface area contributed by atoms with Gasteiger partial charge in [-0.05, 0) is 24.2 Å². The van der Waals surface area contributed by atoms with Crippen LogP contribution in [-0.4, -0.2) is 16.6 Å². The molecular weight excluding hydrogens is 218 g/mol. The van der Waals surface area contributed by atoms with Crippen LogP contribution < -0.4 is 5.73 Å². The van der Waals surface area contributed by atoms with E-state index in [2.05, 4.69) is 13.8 Å². The molecule has 1 unspecified atom stereocenters. The van der Waals surface area contributed by atoms with E-state index < -0.39 is 6.10 Å². The largest absolute Gasteiger partial charge is 0.398 e. The smallest absolute Gasteiger partial charge is 0.0900 e. The van der Waals surface area contributed by atoms with Gasteiger partial charge < -0.3 is 10.8 Å². The van der Waals surface area contributed by atoms with Gasteiger partial charge >= 0.3 is 0 Å². The molecule has 16 heavy (non-hydrogen) atoms. The molecule has 2 nitrogen and oxygen atoms in total. The molecule has 1 atom stereocenters. The molecule has 1 rings (SSSR count). The summed E-state index contributed by atoms with van der Waals surface area (Å²) in [5.74, 6) is 2.55. The maximum atomic E-state index is 9.97. The lowest BCUT2D eigenvalue weighted by atomic mass is 10.1. The second-order valence-corrected chi connectivity index (χ2v) is 5.55. The lowest BCUT2D eigenvalue weighted by Crippen LogP contribution is -2.05. The van der Waals surface area contributed by atoms with E-state index in [9.17, 15) is 5.11 Å². The van der Waals surface area contributed by atoms with Crippen LogP contribution in [0.3, 0.4) is 0 Å². The Morgan fingerprint density at radius 3 is 2.62 bits per heavy atom. The molecule has 0 aliphatic carbocycles. The van der Waals surface area contributed by atoms with Crippen LogP contribution in [-0.2, 0) is 0 Å². The Labute approximate surface area is 102 Å². The van der Waals surface area contributed by atoms with Crippen LogP contribution in [0.4, 0.5) is 5.69 Å². The van der Waals surface area contributed by atoms with Gasteiger partial charge in [-0.25, -0.2) is 0 Å². The van der Waals surface area contributed by atoms with Crippen LogP contribution in [0.15, 0.2) is 24.3 Å². The summed E-state index contributed by atoms with van der Waals surface area (Å²) in [7, 11) is 0. The Morgan fingerprint density at radius 2 is 2.00 bits per heavy atom. The molecule has 0 fully saturated rings. The van der Waals surface area contributed by atoms with Gasteiger partial charge in [0.05, 0.1) is 6.10 Å². The van der Waals surface area contributed by atoms with Gasteiger partial charge in [0.1, 0.15) is 0 Å². The maximum absolute atomic E-state index is 9.97. The summed E-state index contributed by atoms with van der Waals surface area (Å²) < 4.78 is 0. The van der Waals surface area contributed by atoms with Gasteiger partial charge in [0.25, 0.3) is 0 Å². The fourth-order valence-corrected chi connectivity index (χ4v) is 2.63. The summed E-state index contributed by atoms with van der Waals surface area (Å²) in [6.07, 6.45) is 0.750. The quantitative estimate of drug-likeness (QED) is 0.592. The number of nitrogen functional groups attached to an aromatic ring is 1. The fraction of sp³-hybridized carbons (Fsp3) is 0.538. The highest BCUT2D eigenvalue weighted by atomic mass is 32.2. The maximum Gasteiger partial charge on any atom is 0.0900 e. The van der Waals surface area contributed by atoms with Crippen molar-refractivity contribution in [3.8, 4) is 0 Å². The number of nitrogens with two attached hydrogens (primary N) is 1. The Morgan fingerprint density at radius 1 is 1.31 bits per heavy atom. The molecule has 0 aliphatic rings. The van der Waals surface area contributed by atoms with Crippen molar-refractivity contribution in [1.29, 1.82) is 0 Å². The Balaban J connectivity index is 2.35. The van der Waals surface area contributed by atoms with Gasteiger partial charge in [0.15, 0.2) is 0 Å². The highest BCUT2D eigenvalue weighted by Gasteiger charge is 2.10. The highest BCUT2D eigenvalue weighted by Crippen LogP contribution is 2.23. The molecule has 90 valence electrons. The van der Waals surface area contributed by atoms with Gasteiger partial charge in [-0.15, -0.1) is 0 Å². The van der Waals surface area contributed by atoms with Gasteiger partial charge in [-0.1, -0.05) is 32.0 Å². The van der Waals surface area contributed by atoms with E-state index in [0.29, 0.717) is 5.69 Å². The number of hydrogen-bond donors (Lipinski definition) is 2. The van der Waals surface area contributed by atoms with Crippen molar-refractivity contribution in [3.63, 3.8) is 0 Å². The van der Waals surface area contributed by atoms with Crippen LogP contribution in [0, 0.1) is 5.92 Å². The summed E-state index contributed by atoms with van der Waals surface area (Å²) in [6, 6.07) is 7.52. The average Bonchev–Trinajstić information content (AvgIpc) is 2.24. The minimum absolute atomic E-state index is 0.446. The second kappa shape index (κ2) is 6.81. The minimum atomic E-state index is -0.446. The normalized spacial score (nSPS) is 13.0. The number of hydrogen-bond acceptors (Lipinski definition) is 3. The standard InChI is InChI=1S/C13H21NOS/c1-10(2)7-8-16-9-13(15)11-5-3-4-6-12(11)14/h3-6,10,13,15H,7-9,14H2,1-2H3. The van der Waals surface area contributed by atoms with Crippen molar-refractivity contribution in [1.82, 2.24) is 0 Å². The Kier molecular flexibility index (Phi) is 5.71. The molecule has 1 aromatic carbocycles. The number of para-hydroxylation sites is 1. The van der Waals surface area contributed by atoms with Crippen LogP contribution in [0.5, 0.6) is 0 Å². The summed E-state index contributed by atoms with van der Waals surface area (Å²) in [5.41, 5.74) is 7.33. The van der Waals surface area contributed by atoms with E-state index in [0.717, 1.165) is 23.0 Å². The lowest BCUT2D eigenvalue weighted by Gasteiger charge is -2.13. The third-order valence-electron chi connectivity index (χ3n) is 2.47. The SMILES string of the molecule is CC(C)CCSCC(O)c1ccccc1N. The number of aliphatic hydroxyl groups excluding tert-OH is 1. The first-order valence-electron chi connectivity index (χ1n) is 5.71. The first-order valence-corrected chi connectivity index (χ1v) is 6.87. The van der Waals surface area contributed by atoms with Gasteiger partial charge in [0, 0.05) is 17.0 Å².